The number of anilines is 1. The van der Waals surface area contributed by atoms with E-state index in [1.807, 2.05) is 24.3 Å². The number of fused-ring (bicyclic) bond motifs is 2. The average molecular weight is 401 g/mol. The van der Waals surface area contributed by atoms with Crippen molar-refractivity contribution in [3.8, 4) is 11.1 Å². The van der Waals surface area contributed by atoms with E-state index in [2.05, 4.69) is 49.4 Å². The third kappa shape index (κ3) is 3.77. The second kappa shape index (κ2) is 8.22. The van der Waals surface area contributed by atoms with Crippen molar-refractivity contribution >= 4 is 27.8 Å². The molecule has 1 aliphatic heterocycles. The monoisotopic (exact) mass is 401 g/mol. The average Bonchev–Trinajstić information content (AvgIpc) is 2.79. The standard InChI is InChI=1S/C23H23N5O2/c29-22-20-19(18-6-5-16-3-1-2-4-17(16)15-18)7-8-24-21(20)26-23(27-22)25-9-10-28-11-13-30-14-12-28/h1-8,15H,9-14H2,(H2,24,25,26,27,29). The molecular weight excluding hydrogens is 378 g/mol. The Morgan fingerprint density at radius 2 is 1.90 bits per heavy atom. The van der Waals surface area contributed by atoms with E-state index >= 15 is 0 Å². The van der Waals surface area contributed by atoms with Gasteiger partial charge in [-0.05, 0) is 34.0 Å². The Bertz CT molecular complexity index is 1250. The molecule has 1 fully saturated rings. The third-order valence-corrected chi connectivity index (χ3v) is 5.49. The highest BCUT2D eigenvalue weighted by Crippen LogP contribution is 2.27. The molecule has 0 radical (unpaired) electrons. The third-order valence-electron chi connectivity index (χ3n) is 5.49. The molecule has 7 nitrogen and oxygen atoms in total. The molecule has 0 saturated carbocycles. The summed E-state index contributed by atoms with van der Waals surface area (Å²) < 4.78 is 5.37. The van der Waals surface area contributed by atoms with Gasteiger partial charge in [-0.15, -0.1) is 0 Å². The molecule has 0 unspecified atom stereocenters. The summed E-state index contributed by atoms with van der Waals surface area (Å²) in [5.74, 6) is 0.448. The maximum Gasteiger partial charge on any atom is 0.262 e. The van der Waals surface area contributed by atoms with Gasteiger partial charge in [0, 0.05) is 32.4 Å². The number of aromatic nitrogens is 3. The maximum absolute atomic E-state index is 12.9. The van der Waals surface area contributed by atoms with Gasteiger partial charge in [-0.1, -0.05) is 36.4 Å². The smallest absolute Gasteiger partial charge is 0.262 e. The molecule has 0 aliphatic carbocycles. The number of nitrogens with one attached hydrogen (secondary N) is 2. The summed E-state index contributed by atoms with van der Waals surface area (Å²) in [6.45, 7) is 4.97. The molecular formula is C23H23N5O2. The van der Waals surface area contributed by atoms with E-state index in [1.54, 1.807) is 6.20 Å². The van der Waals surface area contributed by atoms with E-state index in [0.29, 0.717) is 23.5 Å². The van der Waals surface area contributed by atoms with Crippen molar-refractivity contribution < 1.29 is 4.74 Å². The molecule has 30 heavy (non-hydrogen) atoms. The largest absolute Gasteiger partial charge is 0.379 e. The molecule has 152 valence electrons. The molecule has 7 heteroatoms. The summed E-state index contributed by atoms with van der Waals surface area (Å²) in [6, 6.07) is 16.2. The summed E-state index contributed by atoms with van der Waals surface area (Å²) in [5, 5.41) is 6.02. The van der Waals surface area contributed by atoms with Crippen LogP contribution in [0.3, 0.4) is 0 Å². The van der Waals surface area contributed by atoms with Crippen LogP contribution in [0.5, 0.6) is 0 Å². The number of aromatic amines is 1. The zero-order chi connectivity index (χ0) is 20.3. The first-order chi connectivity index (χ1) is 14.8. The number of rotatable bonds is 5. The number of ether oxygens (including phenoxy) is 1. The second-order valence-electron chi connectivity index (χ2n) is 7.41. The van der Waals surface area contributed by atoms with Gasteiger partial charge >= 0.3 is 0 Å². The van der Waals surface area contributed by atoms with Crippen molar-refractivity contribution in [2.75, 3.05) is 44.7 Å². The predicted molar refractivity (Wildman–Crippen MR) is 119 cm³/mol. The lowest BCUT2D eigenvalue weighted by molar-refractivity contribution is 0.0398. The van der Waals surface area contributed by atoms with Gasteiger partial charge in [0.2, 0.25) is 5.95 Å². The van der Waals surface area contributed by atoms with E-state index in [4.69, 9.17) is 4.74 Å². The van der Waals surface area contributed by atoms with Crippen LogP contribution in [0.1, 0.15) is 0 Å². The Hall–Kier alpha value is -3.29. The van der Waals surface area contributed by atoms with Crippen LogP contribution in [-0.4, -0.2) is 59.2 Å². The first-order valence-electron chi connectivity index (χ1n) is 10.2. The highest BCUT2D eigenvalue weighted by Gasteiger charge is 2.13. The van der Waals surface area contributed by atoms with Crippen molar-refractivity contribution in [2.45, 2.75) is 0 Å². The van der Waals surface area contributed by atoms with Crippen molar-refractivity contribution in [1.29, 1.82) is 0 Å². The summed E-state index contributed by atoms with van der Waals surface area (Å²) >= 11 is 0. The van der Waals surface area contributed by atoms with Crippen LogP contribution in [0.15, 0.2) is 59.5 Å². The number of benzene rings is 2. The molecule has 0 spiro atoms. The minimum atomic E-state index is -0.190. The number of H-pyrrole nitrogens is 1. The Labute approximate surface area is 173 Å². The Morgan fingerprint density at radius 1 is 1.07 bits per heavy atom. The summed E-state index contributed by atoms with van der Waals surface area (Å²) in [5.41, 5.74) is 2.06. The summed E-state index contributed by atoms with van der Waals surface area (Å²) in [7, 11) is 0. The van der Waals surface area contributed by atoms with E-state index < -0.39 is 0 Å². The highest BCUT2D eigenvalue weighted by molar-refractivity contribution is 5.95. The zero-order valence-corrected chi connectivity index (χ0v) is 16.6. The molecule has 0 amide bonds. The highest BCUT2D eigenvalue weighted by atomic mass is 16.5. The Balaban J connectivity index is 1.43. The SMILES string of the molecule is O=c1[nH]c(NCCN2CCOCC2)nc2nccc(-c3ccc4ccccc4c3)c12. The maximum atomic E-state index is 12.9. The molecule has 3 heterocycles. The molecule has 1 aliphatic rings. The fraction of sp³-hybridized carbons (Fsp3) is 0.261. The van der Waals surface area contributed by atoms with Crippen LogP contribution in [-0.2, 0) is 4.74 Å². The lowest BCUT2D eigenvalue weighted by atomic mass is 10.00. The van der Waals surface area contributed by atoms with E-state index in [9.17, 15) is 4.79 Å². The minimum absolute atomic E-state index is 0.190. The molecule has 1 saturated heterocycles. The van der Waals surface area contributed by atoms with Crippen molar-refractivity contribution in [3.63, 3.8) is 0 Å². The van der Waals surface area contributed by atoms with Gasteiger partial charge in [0.15, 0.2) is 5.65 Å². The summed E-state index contributed by atoms with van der Waals surface area (Å²) in [4.78, 5) is 27.0. The molecule has 2 aromatic carbocycles. The Morgan fingerprint density at radius 3 is 2.77 bits per heavy atom. The van der Waals surface area contributed by atoms with Crippen LogP contribution in [0.25, 0.3) is 32.9 Å². The van der Waals surface area contributed by atoms with Crippen LogP contribution in [0.2, 0.25) is 0 Å². The summed E-state index contributed by atoms with van der Waals surface area (Å²) in [6.07, 6.45) is 1.71. The fourth-order valence-corrected chi connectivity index (χ4v) is 3.90. The van der Waals surface area contributed by atoms with E-state index in [-0.39, 0.29) is 5.56 Å². The number of nitrogens with zero attached hydrogens (tertiary/aromatic N) is 3. The van der Waals surface area contributed by atoms with Gasteiger partial charge in [0.1, 0.15) is 0 Å². The quantitative estimate of drug-likeness (QED) is 0.535. The van der Waals surface area contributed by atoms with Crippen molar-refractivity contribution in [3.05, 3.63) is 65.1 Å². The van der Waals surface area contributed by atoms with Gasteiger partial charge in [0.25, 0.3) is 5.56 Å². The molecule has 0 bridgehead atoms. The molecule has 2 N–H and O–H groups in total. The van der Waals surface area contributed by atoms with Gasteiger partial charge in [-0.3, -0.25) is 14.7 Å². The molecule has 0 atom stereocenters. The molecule has 2 aromatic heterocycles. The number of pyridine rings is 1. The van der Waals surface area contributed by atoms with Crippen molar-refractivity contribution in [2.24, 2.45) is 0 Å². The predicted octanol–water partition coefficient (Wildman–Crippen LogP) is 2.88. The van der Waals surface area contributed by atoms with Crippen LogP contribution in [0, 0.1) is 0 Å². The number of hydrogen-bond donors (Lipinski definition) is 2. The number of hydrogen-bond acceptors (Lipinski definition) is 6. The first kappa shape index (κ1) is 18.7. The van der Waals surface area contributed by atoms with Crippen LogP contribution >= 0.6 is 0 Å². The van der Waals surface area contributed by atoms with Crippen LogP contribution in [0.4, 0.5) is 5.95 Å². The van der Waals surface area contributed by atoms with Gasteiger partial charge in [-0.25, -0.2) is 4.98 Å². The molecule has 4 aromatic rings. The lowest BCUT2D eigenvalue weighted by Gasteiger charge is -2.26. The van der Waals surface area contributed by atoms with E-state index in [1.165, 1.54) is 5.39 Å². The lowest BCUT2D eigenvalue weighted by Crippen LogP contribution is -2.39. The second-order valence-corrected chi connectivity index (χ2v) is 7.41. The first-order valence-corrected chi connectivity index (χ1v) is 10.2. The van der Waals surface area contributed by atoms with Gasteiger partial charge < -0.3 is 10.1 Å². The minimum Gasteiger partial charge on any atom is -0.379 e. The zero-order valence-electron chi connectivity index (χ0n) is 16.6. The van der Waals surface area contributed by atoms with E-state index in [0.717, 1.165) is 49.4 Å². The molecule has 5 rings (SSSR count). The van der Waals surface area contributed by atoms with Crippen LogP contribution < -0.4 is 10.9 Å². The van der Waals surface area contributed by atoms with Gasteiger partial charge in [-0.2, -0.15) is 4.98 Å². The number of morpholine rings is 1. The van der Waals surface area contributed by atoms with Crippen molar-refractivity contribution in [1.82, 2.24) is 19.9 Å². The normalized spacial score (nSPS) is 14.9. The Kier molecular flexibility index (Phi) is 5.13. The van der Waals surface area contributed by atoms with Gasteiger partial charge in [0.05, 0.1) is 18.6 Å². The topological polar surface area (TPSA) is 83.1 Å². The fourth-order valence-electron chi connectivity index (χ4n) is 3.90.